The molecule has 2 atom stereocenters. The summed E-state index contributed by atoms with van der Waals surface area (Å²) in [5.41, 5.74) is 2.06. The number of para-hydroxylation sites is 1. The third-order valence-electron chi connectivity index (χ3n) is 3.78. The zero-order valence-electron chi connectivity index (χ0n) is 12.8. The molecule has 0 spiro atoms. The maximum atomic E-state index is 12.4. The normalized spacial score (nSPS) is 20.1. The first kappa shape index (κ1) is 15.4. The fourth-order valence-electron chi connectivity index (χ4n) is 2.62. The van der Waals surface area contributed by atoms with Crippen LogP contribution >= 0.6 is 0 Å². The second kappa shape index (κ2) is 6.61. The molecule has 5 nitrogen and oxygen atoms in total. The zero-order valence-corrected chi connectivity index (χ0v) is 12.8. The van der Waals surface area contributed by atoms with Crippen molar-refractivity contribution in [1.29, 1.82) is 0 Å². The fraction of sp³-hybridized carbons (Fsp3) is 0.500. The van der Waals surface area contributed by atoms with E-state index in [9.17, 15) is 9.59 Å². The minimum Gasteiger partial charge on any atom is -0.382 e. The van der Waals surface area contributed by atoms with Gasteiger partial charge in [0.05, 0.1) is 5.92 Å². The highest BCUT2D eigenvalue weighted by Gasteiger charge is 2.29. The first-order valence-electron chi connectivity index (χ1n) is 7.32. The molecular formula is C16H23N3O2. The highest BCUT2D eigenvalue weighted by molar-refractivity contribution is 5.87. The summed E-state index contributed by atoms with van der Waals surface area (Å²) in [6, 6.07) is 8.17. The lowest BCUT2D eigenvalue weighted by molar-refractivity contribution is -0.128. The molecule has 1 heterocycles. The van der Waals surface area contributed by atoms with Crippen LogP contribution in [0.15, 0.2) is 24.3 Å². The molecule has 0 bridgehead atoms. The summed E-state index contributed by atoms with van der Waals surface area (Å²) in [4.78, 5) is 25.4. The van der Waals surface area contributed by atoms with Crippen molar-refractivity contribution in [3.63, 3.8) is 0 Å². The van der Waals surface area contributed by atoms with Gasteiger partial charge in [-0.05, 0) is 25.0 Å². The quantitative estimate of drug-likeness (QED) is 0.884. The SMILES string of the molecule is CC1CC(C(=O)NCCC(=O)N(C)C)c2ccccc2N1. The number of benzene rings is 1. The van der Waals surface area contributed by atoms with Crippen LogP contribution in [0.1, 0.15) is 31.2 Å². The van der Waals surface area contributed by atoms with Gasteiger partial charge in [0, 0.05) is 38.8 Å². The average Bonchev–Trinajstić information content (AvgIpc) is 2.45. The topological polar surface area (TPSA) is 61.4 Å². The molecule has 1 aliphatic heterocycles. The summed E-state index contributed by atoms with van der Waals surface area (Å²) in [6.45, 7) is 2.46. The number of carbonyl (C=O) groups excluding carboxylic acids is 2. The van der Waals surface area contributed by atoms with Crippen LogP contribution in [-0.2, 0) is 9.59 Å². The fourth-order valence-corrected chi connectivity index (χ4v) is 2.62. The van der Waals surface area contributed by atoms with E-state index in [1.165, 1.54) is 4.90 Å². The minimum absolute atomic E-state index is 0.00218. The number of nitrogens with one attached hydrogen (secondary N) is 2. The molecule has 1 aliphatic rings. The number of nitrogens with zero attached hydrogens (tertiary/aromatic N) is 1. The smallest absolute Gasteiger partial charge is 0.227 e. The predicted octanol–water partition coefficient (Wildman–Crippen LogP) is 1.57. The first-order chi connectivity index (χ1) is 9.99. The van der Waals surface area contributed by atoms with Crippen molar-refractivity contribution in [2.75, 3.05) is 26.0 Å². The van der Waals surface area contributed by atoms with E-state index < -0.39 is 0 Å². The van der Waals surface area contributed by atoms with Gasteiger partial charge >= 0.3 is 0 Å². The summed E-state index contributed by atoms with van der Waals surface area (Å²) in [6.07, 6.45) is 1.10. The Labute approximate surface area is 125 Å². The van der Waals surface area contributed by atoms with E-state index in [0.717, 1.165) is 17.7 Å². The Bertz CT molecular complexity index is 528. The first-order valence-corrected chi connectivity index (χ1v) is 7.32. The van der Waals surface area contributed by atoms with Gasteiger partial charge in [0.25, 0.3) is 0 Å². The predicted molar refractivity (Wildman–Crippen MR) is 83.2 cm³/mol. The van der Waals surface area contributed by atoms with Crippen LogP contribution in [0, 0.1) is 0 Å². The maximum Gasteiger partial charge on any atom is 0.227 e. The van der Waals surface area contributed by atoms with E-state index in [1.807, 2.05) is 24.3 Å². The van der Waals surface area contributed by atoms with Crippen molar-refractivity contribution in [3.05, 3.63) is 29.8 Å². The number of carbonyl (C=O) groups is 2. The van der Waals surface area contributed by atoms with E-state index in [2.05, 4.69) is 17.6 Å². The molecule has 2 N–H and O–H groups in total. The van der Waals surface area contributed by atoms with Crippen molar-refractivity contribution in [3.8, 4) is 0 Å². The van der Waals surface area contributed by atoms with Gasteiger partial charge in [0.2, 0.25) is 11.8 Å². The van der Waals surface area contributed by atoms with Gasteiger partial charge in [-0.15, -0.1) is 0 Å². The van der Waals surface area contributed by atoms with Gasteiger partial charge in [-0.1, -0.05) is 18.2 Å². The second-order valence-electron chi connectivity index (χ2n) is 5.75. The third-order valence-corrected chi connectivity index (χ3v) is 3.78. The Morgan fingerprint density at radius 3 is 2.76 bits per heavy atom. The third kappa shape index (κ3) is 3.74. The van der Waals surface area contributed by atoms with Crippen molar-refractivity contribution in [2.24, 2.45) is 0 Å². The van der Waals surface area contributed by atoms with E-state index in [0.29, 0.717) is 13.0 Å². The van der Waals surface area contributed by atoms with Crippen LogP contribution < -0.4 is 10.6 Å². The standard InChI is InChI=1S/C16H23N3O2/c1-11-10-13(12-6-4-5-7-14(12)18-11)16(21)17-9-8-15(20)19(2)3/h4-7,11,13,18H,8-10H2,1-3H3,(H,17,21). The molecule has 5 heteroatoms. The molecular weight excluding hydrogens is 266 g/mol. The van der Waals surface area contributed by atoms with Crippen LogP contribution in [-0.4, -0.2) is 43.4 Å². The minimum atomic E-state index is -0.146. The Kier molecular flexibility index (Phi) is 4.83. The lowest BCUT2D eigenvalue weighted by Gasteiger charge is -2.30. The second-order valence-corrected chi connectivity index (χ2v) is 5.75. The molecule has 21 heavy (non-hydrogen) atoms. The largest absolute Gasteiger partial charge is 0.382 e. The number of hydrogen-bond donors (Lipinski definition) is 2. The summed E-state index contributed by atoms with van der Waals surface area (Å²) in [5, 5.41) is 6.28. The van der Waals surface area contributed by atoms with Crippen LogP contribution in [0.5, 0.6) is 0 Å². The molecule has 0 saturated carbocycles. The molecule has 114 valence electrons. The lowest BCUT2D eigenvalue weighted by Crippen LogP contribution is -2.37. The number of amides is 2. The zero-order chi connectivity index (χ0) is 15.4. The number of anilines is 1. The van der Waals surface area contributed by atoms with Crippen LogP contribution in [0.3, 0.4) is 0 Å². The number of fused-ring (bicyclic) bond motifs is 1. The van der Waals surface area contributed by atoms with Crippen molar-refractivity contribution in [1.82, 2.24) is 10.2 Å². The van der Waals surface area contributed by atoms with E-state index in [1.54, 1.807) is 14.1 Å². The van der Waals surface area contributed by atoms with Gasteiger partial charge in [-0.25, -0.2) is 0 Å². The van der Waals surface area contributed by atoms with Gasteiger partial charge in [0.15, 0.2) is 0 Å². The molecule has 0 saturated heterocycles. The monoisotopic (exact) mass is 289 g/mol. The summed E-state index contributed by atoms with van der Waals surface area (Å²) >= 11 is 0. The van der Waals surface area contributed by atoms with Gasteiger partial charge in [0.1, 0.15) is 0 Å². The van der Waals surface area contributed by atoms with Crippen molar-refractivity contribution < 1.29 is 9.59 Å². The van der Waals surface area contributed by atoms with Crippen LogP contribution in [0.4, 0.5) is 5.69 Å². The lowest BCUT2D eigenvalue weighted by atomic mass is 9.87. The van der Waals surface area contributed by atoms with Gasteiger partial charge in [-0.3, -0.25) is 9.59 Å². The molecule has 1 aromatic rings. The van der Waals surface area contributed by atoms with Crippen molar-refractivity contribution >= 4 is 17.5 Å². The number of hydrogen-bond acceptors (Lipinski definition) is 3. The Morgan fingerprint density at radius 1 is 1.33 bits per heavy atom. The molecule has 2 amide bonds. The molecule has 0 fully saturated rings. The van der Waals surface area contributed by atoms with Crippen molar-refractivity contribution in [2.45, 2.75) is 31.7 Å². The van der Waals surface area contributed by atoms with Crippen LogP contribution in [0.2, 0.25) is 0 Å². The number of rotatable bonds is 4. The molecule has 1 aromatic carbocycles. The van der Waals surface area contributed by atoms with E-state index >= 15 is 0 Å². The van der Waals surface area contributed by atoms with E-state index in [4.69, 9.17) is 0 Å². The summed E-state index contributed by atoms with van der Waals surface area (Å²) < 4.78 is 0. The molecule has 0 radical (unpaired) electrons. The van der Waals surface area contributed by atoms with Crippen LogP contribution in [0.25, 0.3) is 0 Å². The maximum absolute atomic E-state index is 12.4. The Morgan fingerprint density at radius 2 is 2.05 bits per heavy atom. The molecule has 0 aliphatic carbocycles. The molecule has 2 rings (SSSR count). The Balaban J connectivity index is 1.98. The average molecular weight is 289 g/mol. The highest BCUT2D eigenvalue weighted by atomic mass is 16.2. The van der Waals surface area contributed by atoms with E-state index in [-0.39, 0.29) is 23.8 Å². The Hall–Kier alpha value is -2.04. The molecule has 2 unspecified atom stereocenters. The highest BCUT2D eigenvalue weighted by Crippen LogP contribution is 2.33. The van der Waals surface area contributed by atoms with Gasteiger partial charge < -0.3 is 15.5 Å². The summed E-state index contributed by atoms with van der Waals surface area (Å²) in [5.74, 6) is -0.122. The summed E-state index contributed by atoms with van der Waals surface area (Å²) in [7, 11) is 3.43. The van der Waals surface area contributed by atoms with Gasteiger partial charge in [-0.2, -0.15) is 0 Å². The molecule has 0 aromatic heterocycles.